The van der Waals surface area contributed by atoms with E-state index in [1.807, 2.05) is 0 Å². The monoisotopic (exact) mass is 414 g/mol. The van der Waals surface area contributed by atoms with Crippen molar-refractivity contribution in [2.24, 2.45) is 0 Å². The van der Waals surface area contributed by atoms with Gasteiger partial charge in [-0.3, -0.25) is 0 Å². The minimum atomic E-state index is 0.688. The summed E-state index contributed by atoms with van der Waals surface area (Å²) in [6.07, 6.45) is 6.46. The van der Waals surface area contributed by atoms with Gasteiger partial charge in [0.1, 0.15) is 0 Å². The van der Waals surface area contributed by atoms with E-state index in [0.717, 1.165) is 6.54 Å². The van der Waals surface area contributed by atoms with Crippen LogP contribution < -0.4 is 10.2 Å². The van der Waals surface area contributed by atoms with Crippen molar-refractivity contribution in [3.63, 3.8) is 0 Å². The van der Waals surface area contributed by atoms with Gasteiger partial charge in [0, 0.05) is 27.1 Å². The summed E-state index contributed by atoms with van der Waals surface area (Å²) < 4.78 is 2.46. The minimum Gasteiger partial charge on any atom is -0.364 e. The number of hydrogen-bond donors (Lipinski definition) is 1. The van der Waals surface area contributed by atoms with Gasteiger partial charge in [0.05, 0.1) is 5.69 Å². The number of fused-ring (bicyclic) bond motifs is 2. The lowest BCUT2D eigenvalue weighted by Gasteiger charge is -2.42. The average molecular weight is 416 g/mol. The van der Waals surface area contributed by atoms with Crippen molar-refractivity contribution in [2.45, 2.75) is 64.1 Å². The molecular formula is C17H24Br2N2. The van der Waals surface area contributed by atoms with E-state index in [1.54, 1.807) is 0 Å². The second-order valence-corrected chi connectivity index (χ2v) is 8.20. The molecule has 4 heteroatoms. The summed E-state index contributed by atoms with van der Waals surface area (Å²) in [6.45, 7) is 5.55. The van der Waals surface area contributed by atoms with Crippen molar-refractivity contribution in [3.05, 3.63) is 26.6 Å². The van der Waals surface area contributed by atoms with Crippen molar-refractivity contribution in [1.82, 2.24) is 5.32 Å². The Balaban J connectivity index is 1.82. The molecule has 2 aliphatic rings. The lowest BCUT2D eigenvalue weighted by atomic mass is 9.96. The smallest absolute Gasteiger partial charge is 0.0660 e. The summed E-state index contributed by atoms with van der Waals surface area (Å²) in [5, 5.41) is 3.73. The van der Waals surface area contributed by atoms with E-state index in [9.17, 15) is 0 Å². The summed E-state index contributed by atoms with van der Waals surface area (Å²) >= 11 is 7.57. The van der Waals surface area contributed by atoms with E-state index in [2.05, 4.69) is 68.1 Å². The van der Waals surface area contributed by atoms with Crippen LogP contribution in [0.3, 0.4) is 0 Å². The van der Waals surface area contributed by atoms with Crippen molar-refractivity contribution >= 4 is 37.5 Å². The third kappa shape index (κ3) is 3.18. The average Bonchev–Trinajstić information content (AvgIpc) is 2.68. The summed E-state index contributed by atoms with van der Waals surface area (Å²) in [5.74, 6) is 0. The second kappa shape index (κ2) is 6.59. The molecule has 2 aliphatic heterocycles. The normalized spacial score (nSPS) is 28.2. The quantitative estimate of drug-likeness (QED) is 0.742. The third-order valence-corrected chi connectivity index (χ3v) is 6.04. The first-order valence-electron chi connectivity index (χ1n) is 8.07. The predicted octanol–water partition coefficient (Wildman–Crippen LogP) is 5.02. The van der Waals surface area contributed by atoms with Gasteiger partial charge in [-0.15, -0.1) is 0 Å². The van der Waals surface area contributed by atoms with Gasteiger partial charge in [0.25, 0.3) is 0 Å². The van der Waals surface area contributed by atoms with Gasteiger partial charge >= 0.3 is 0 Å². The van der Waals surface area contributed by atoms with Gasteiger partial charge < -0.3 is 10.2 Å². The van der Waals surface area contributed by atoms with Gasteiger partial charge in [-0.25, -0.2) is 0 Å². The molecule has 2 atom stereocenters. The van der Waals surface area contributed by atoms with Crippen LogP contribution >= 0.6 is 31.9 Å². The molecule has 0 aliphatic carbocycles. The molecule has 2 saturated heterocycles. The van der Waals surface area contributed by atoms with Crippen molar-refractivity contribution in [2.75, 3.05) is 11.4 Å². The number of nitrogens with zero attached hydrogens (tertiary/aromatic N) is 1. The van der Waals surface area contributed by atoms with E-state index in [0.29, 0.717) is 18.1 Å². The van der Waals surface area contributed by atoms with Gasteiger partial charge in [-0.1, -0.05) is 6.92 Å². The van der Waals surface area contributed by atoms with Crippen LogP contribution in [0.15, 0.2) is 21.1 Å². The maximum atomic E-state index is 3.79. The highest BCUT2D eigenvalue weighted by Crippen LogP contribution is 2.45. The molecule has 21 heavy (non-hydrogen) atoms. The number of halogens is 2. The summed E-state index contributed by atoms with van der Waals surface area (Å²) in [4.78, 5) is 2.68. The highest BCUT2D eigenvalue weighted by molar-refractivity contribution is 9.11. The molecule has 2 bridgehead atoms. The van der Waals surface area contributed by atoms with Gasteiger partial charge in [0.2, 0.25) is 0 Å². The maximum Gasteiger partial charge on any atom is 0.0660 e. The molecule has 0 aromatic heterocycles. The fraction of sp³-hybridized carbons (Fsp3) is 0.647. The maximum absolute atomic E-state index is 3.79. The molecule has 0 saturated carbocycles. The molecule has 0 amide bonds. The van der Waals surface area contributed by atoms with Crippen LogP contribution in [0.4, 0.5) is 5.69 Å². The Hall–Kier alpha value is -0.0600. The Bertz CT molecular complexity index is 481. The van der Waals surface area contributed by atoms with E-state index in [-0.39, 0.29) is 0 Å². The molecule has 1 aromatic rings. The van der Waals surface area contributed by atoms with Crippen LogP contribution in [0.1, 0.15) is 44.6 Å². The van der Waals surface area contributed by atoms with Crippen molar-refractivity contribution < 1.29 is 0 Å². The lowest BCUT2D eigenvalue weighted by molar-refractivity contribution is 0.356. The molecule has 3 rings (SSSR count). The molecule has 1 aromatic carbocycles. The molecule has 0 radical (unpaired) electrons. The van der Waals surface area contributed by atoms with Crippen LogP contribution in [-0.2, 0) is 0 Å². The summed E-state index contributed by atoms with van der Waals surface area (Å²) in [7, 11) is 0. The topological polar surface area (TPSA) is 15.3 Å². The van der Waals surface area contributed by atoms with Gasteiger partial charge in [-0.05, 0) is 95.1 Å². The van der Waals surface area contributed by atoms with Crippen LogP contribution in [0.5, 0.6) is 0 Å². The van der Waals surface area contributed by atoms with E-state index < -0.39 is 0 Å². The summed E-state index contributed by atoms with van der Waals surface area (Å²) in [5.41, 5.74) is 2.66. The molecule has 1 N–H and O–H groups in total. The fourth-order valence-corrected chi connectivity index (χ4v) is 5.82. The number of aryl methyl sites for hydroxylation is 1. The SMILES string of the molecule is CCCNC1CC2CCC(C1)N2c1c(Br)cc(C)cc1Br. The largest absolute Gasteiger partial charge is 0.364 e. The van der Waals surface area contributed by atoms with Crippen LogP contribution in [-0.4, -0.2) is 24.7 Å². The van der Waals surface area contributed by atoms with Crippen molar-refractivity contribution in [3.8, 4) is 0 Å². The minimum absolute atomic E-state index is 0.688. The van der Waals surface area contributed by atoms with Crippen LogP contribution in [0.2, 0.25) is 0 Å². The number of piperidine rings is 1. The highest BCUT2D eigenvalue weighted by atomic mass is 79.9. The number of nitrogens with one attached hydrogen (secondary N) is 1. The number of hydrogen-bond acceptors (Lipinski definition) is 2. The van der Waals surface area contributed by atoms with Gasteiger partial charge in [-0.2, -0.15) is 0 Å². The molecule has 0 spiro atoms. The fourth-order valence-electron chi connectivity index (χ4n) is 4.00. The van der Waals surface area contributed by atoms with Gasteiger partial charge in [0.15, 0.2) is 0 Å². The summed E-state index contributed by atoms with van der Waals surface area (Å²) in [6, 6.07) is 6.56. The Morgan fingerprint density at radius 2 is 1.71 bits per heavy atom. The molecule has 2 heterocycles. The van der Waals surface area contributed by atoms with Crippen molar-refractivity contribution in [1.29, 1.82) is 0 Å². The zero-order chi connectivity index (χ0) is 15.0. The first-order valence-corrected chi connectivity index (χ1v) is 9.66. The Kier molecular flexibility index (Phi) is 4.97. The number of anilines is 1. The first-order chi connectivity index (χ1) is 10.1. The zero-order valence-corrected chi connectivity index (χ0v) is 16.0. The Morgan fingerprint density at radius 1 is 1.14 bits per heavy atom. The molecule has 116 valence electrons. The standard InChI is InChI=1S/C17H24Br2N2/c1-3-6-20-12-9-13-4-5-14(10-12)21(13)17-15(18)7-11(2)8-16(17)19/h7-8,12-14,20H,3-6,9-10H2,1-2H3. The lowest BCUT2D eigenvalue weighted by Crippen LogP contribution is -2.49. The van der Waals surface area contributed by atoms with E-state index >= 15 is 0 Å². The highest BCUT2D eigenvalue weighted by Gasteiger charge is 2.41. The second-order valence-electron chi connectivity index (χ2n) is 6.49. The molecule has 2 nitrogen and oxygen atoms in total. The Labute approximate surface area is 144 Å². The first kappa shape index (κ1) is 15.8. The van der Waals surface area contributed by atoms with Crippen LogP contribution in [0, 0.1) is 6.92 Å². The molecule has 2 unspecified atom stereocenters. The molecular weight excluding hydrogens is 392 g/mol. The Morgan fingerprint density at radius 3 is 2.24 bits per heavy atom. The molecule has 2 fully saturated rings. The third-order valence-electron chi connectivity index (χ3n) is 4.84. The van der Waals surface area contributed by atoms with E-state index in [1.165, 1.54) is 52.3 Å². The predicted molar refractivity (Wildman–Crippen MR) is 97.2 cm³/mol. The van der Waals surface area contributed by atoms with E-state index in [4.69, 9.17) is 0 Å². The number of rotatable bonds is 4. The number of benzene rings is 1. The zero-order valence-electron chi connectivity index (χ0n) is 12.8. The van der Waals surface area contributed by atoms with Crippen LogP contribution in [0.25, 0.3) is 0 Å².